The SMILES string of the molecule is CC1CCCC(C2CC(C)(C)CCC2O)N1. The number of hydrogen-bond acceptors (Lipinski definition) is 2. The van der Waals surface area contributed by atoms with E-state index >= 15 is 0 Å². The Hall–Kier alpha value is -0.0800. The van der Waals surface area contributed by atoms with Gasteiger partial charge in [0, 0.05) is 18.0 Å². The smallest absolute Gasteiger partial charge is 0.0583 e. The molecule has 94 valence electrons. The van der Waals surface area contributed by atoms with Crippen molar-refractivity contribution in [1.29, 1.82) is 0 Å². The van der Waals surface area contributed by atoms with Gasteiger partial charge in [-0.3, -0.25) is 0 Å². The molecule has 0 amide bonds. The Labute approximate surface area is 99.8 Å². The molecule has 4 atom stereocenters. The van der Waals surface area contributed by atoms with Crippen LogP contribution in [-0.4, -0.2) is 23.3 Å². The van der Waals surface area contributed by atoms with Crippen LogP contribution in [0.4, 0.5) is 0 Å². The molecular formula is C14H27NO. The van der Waals surface area contributed by atoms with Gasteiger partial charge in [0.2, 0.25) is 0 Å². The van der Waals surface area contributed by atoms with Gasteiger partial charge in [-0.15, -0.1) is 0 Å². The molecule has 2 aliphatic rings. The molecule has 0 aromatic heterocycles. The molecule has 0 spiro atoms. The van der Waals surface area contributed by atoms with Crippen LogP contribution in [0.1, 0.15) is 59.3 Å². The summed E-state index contributed by atoms with van der Waals surface area (Å²) >= 11 is 0. The number of rotatable bonds is 1. The summed E-state index contributed by atoms with van der Waals surface area (Å²) in [6.45, 7) is 6.96. The average Bonchev–Trinajstić information content (AvgIpc) is 2.22. The van der Waals surface area contributed by atoms with E-state index in [1.54, 1.807) is 0 Å². The van der Waals surface area contributed by atoms with Crippen molar-refractivity contribution in [2.75, 3.05) is 0 Å². The Bertz CT molecular complexity index is 239. The fourth-order valence-corrected chi connectivity index (χ4v) is 3.55. The molecule has 2 N–H and O–H groups in total. The summed E-state index contributed by atoms with van der Waals surface area (Å²) in [6, 6.07) is 1.19. The van der Waals surface area contributed by atoms with E-state index < -0.39 is 0 Å². The Morgan fingerprint density at radius 1 is 1.19 bits per heavy atom. The van der Waals surface area contributed by atoms with Crippen LogP contribution < -0.4 is 5.32 Å². The van der Waals surface area contributed by atoms with E-state index in [0.29, 0.717) is 23.4 Å². The normalized spacial score (nSPS) is 44.2. The molecule has 16 heavy (non-hydrogen) atoms. The molecule has 2 fully saturated rings. The quantitative estimate of drug-likeness (QED) is 0.719. The van der Waals surface area contributed by atoms with E-state index in [-0.39, 0.29) is 6.10 Å². The molecule has 2 nitrogen and oxygen atoms in total. The number of piperidine rings is 1. The van der Waals surface area contributed by atoms with E-state index in [4.69, 9.17) is 0 Å². The van der Waals surface area contributed by atoms with Crippen molar-refractivity contribution in [3.63, 3.8) is 0 Å². The maximum absolute atomic E-state index is 10.2. The van der Waals surface area contributed by atoms with Crippen molar-refractivity contribution in [2.45, 2.75) is 77.5 Å². The lowest BCUT2D eigenvalue weighted by Crippen LogP contribution is -2.51. The summed E-state index contributed by atoms with van der Waals surface area (Å²) in [6.07, 6.45) is 7.14. The van der Waals surface area contributed by atoms with Gasteiger partial charge >= 0.3 is 0 Å². The second kappa shape index (κ2) is 4.66. The van der Waals surface area contributed by atoms with Crippen molar-refractivity contribution < 1.29 is 5.11 Å². The minimum atomic E-state index is -0.0733. The largest absolute Gasteiger partial charge is 0.393 e. The van der Waals surface area contributed by atoms with Crippen LogP contribution in [0.15, 0.2) is 0 Å². The zero-order chi connectivity index (χ0) is 11.8. The average molecular weight is 225 g/mol. The summed E-state index contributed by atoms with van der Waals surface area (Å²) in [7, 11) is 0. The molecule has 0 aromatic carbocycles. The van der Waals surface area contributed by atoms with Gasteiger partial charge in [-0.25, -0.2) is 0 Å². The van der Waals surface area contributed by atoms with Gasteiger partial charge in [0.15, 0.2) is 0 Å². The molecule has 1 aliphatic carbocycles. The third kappa shape index (κ3) is 2.78. The fourth-order valence-electron chi connectivity index (χ4n) is 3.55. The maximum atomic E-state index is 10.2. The molecule has 2 rings (SSSR count). The summed E-state index contributed by atoms with van der Waals surface area (Å²) < 4.78 is 0. The van der Waals surface area contributed by atoms with E-state index in [0.717, 1.165) is 6.42 Å². The summed E-state index contributed by atoms with van der Waals surface area (Å²) in [5, 5.41) is 13.9. The van der Waals surface area contributed by atoms with Crippen molar-refractivity contribution in [1.82, 2.24) is 5.32 Å². The van der Waals surface area contributed by atoms with Crippen LogP contribution in [0, 0.1) is 11.3 Å². The first kappa shape index (κ1) is 12.4. The minimum absolute atomic E-state index is 0.0733. The molecular weight excluding hydrogens is 198 g/mol. The zero-order valence-corrected chi connectivity index (χ0v) is 11.0. The second-order valence-electron chi connectivity index (χ2n) is 6.74. The van der Waals surface area contributed by atoms with Gasteiger partial charge < -0.3 is 10.4 Å². The maximum Gasteiger partial charge on any atom is 0.0583 e. The highest BCUT2D eigenvalue weighted by atomic mass is 16.3. The highest BCUT2D eigenvalue weighted by molar-refractivity contribution is 4.93. The first-order valence-corrected chi connectivity index (χ1v) is 6.92. The zero-order valence-electron chi connectivity index (χ0n) is 11.0. The summed E-state index contributed by atoms with van der Waals surface area (Å²) in [5.74, 6) is 0.478. The van der Waals surface area contributed by atoms with Crippen molar-refractivity contribution in [3.8, 4) is 0 Å². The number of aliphatic hydroxyl groups excluding tert-OH is 1. The van der Waals surface area contributed by atoms with Gasteiger partial charge in [0.1, 0.15) is 0 Å². The minimum Gasteiger partial charge on any atom is -0.393 e. The van der Waals surface area contributed by atoms with Crippen molar-refractivity contribution in [3.05, 3.63) is 0 Å². The molecule has 0 aromatic rings. The van der Waals surface area contributed by atoms with Gasteiger partial charge in [0.05, 0.1) is 6.10 Å². The summed E-state index contributed by atoms with van der Waals surface area (Å²) in [4.78, 5) is 0. The number of aliphatic hydroxyl groups is 1. The van der Waals surface area contributed by atoms with Crippen LogP contribution >= 0.6 is 0 Å². The van der Waals surface area contributed by atoms with Crippen LogP contribution in [0.5, 0.6) is 0 Å². The molecule has 2 heteroatoms. The molecule has 1 heterocycles. The Morgan fingerprint density at radius 3 is 2.62 bits per heavy atom. The Kier molecular flexibility index (Phi) is 3.60. The molecule has 1 aliphatic heterocycles. The van der Waals surface area contributed by atoms with Crippen LogP contribution in [0.3, 0.4) is 0 Å². The van der Waals surface area contributed by atoms with E-state index in [1.807, 2.05) is 0 Å². The van der Waals surface area contributed by atoms with Gasteiger partial charge in [-0.05, 0) is 44.4 Å². The Morgan fingerprint density at radius 2 is 1.94 bits per heavy atom. The van der Waals surface area contributed by atoms with Crippen molar-refractivity contribution >= 4 is 0 Å². The third-order valence-electron chi connectivity index (χ3n) is 4.57. The Balaban J connectivity index is 2.00. The van der Waals surface area contributed by atoms with Crippen LogP contribution in [-0.2, 0) is 0 Å². The van der Waals surface area contributed by atoms with E-state index in [2.05, 4.69) is 26.1 Å². The standard InChI is InChI=1S/C14H27NO/c1-10-5-4-6-12(15-10)11-9-14(2,3)8-7-13(11)16/h10-13,15-16H,4-9H2,1-3H3. The third-order valence-corrected chi connectivity index (χ3v) is 4.57. The monoisotopic (exact) mass is 225 g/mol. The predicted molar refractivity (Wildman–Crippen MR) is 67.4 cm³/mol. The van der Waals surface area contributed by atoms with Crippen LogP contribution in [0.2, 0.25) is 0 Å². The lowest BCUT2D eigenvalue weighted by molar-refractivity contribution is -0.00412. The first-order chi connectivity index (χ1) is 7.48. The fraction of sp³-hybridized carbons (Fsp3) is 1.00. The van der Waals surface area contributed by atoms with Crippen LogP contribution in [0.25, 0.3) is 0 Å². The first-order valence-electron chi connectivity index (χ1n) is 6.92. The highest BCUT2D eigenvalue weighted by Crippen LogP contribution is 2.41. The van der Waals surface area contributed by atoms with Crippen molar-refractivity contribution in [2.24, 2.45) is 11.3 Å². The van der Waals surface area contributed by atoms with E-state index in [9.17, 15) is 5.11 Å². The number of nitrogens with one attached hydrogen (secondary N) is 1. The van der Waals surface area contributed by atoms with Gasteiger partial charge in [0.25, 0.3) is 0 Å². The lowest BCUT2D eigenvalue weighted by atomic mass is 9.67. The predicted octanol–water partition coefficient (Wildman–Crippen LogP) is 2.70. The highest BCUT2D eigenvalue weighted by Gasteiger charge is 2.39. The topological polar surface area (TPSA) is 32.3 Å². The number of hydrogen-bond donors (Lipinski definition) is 2. The van der Waals surface area contributed by atoms with Gasteiger partial charge in [-0.2, -0.15) is 0 Å². The summed E-state index contributed by atoms with van der Waals surface area (Å²) in [5.41, 5.74) is 0.423. The molecule has 1 saturated carbocycles. The molecule has 1 saturated heterocycles. The lowest BCUT2D eigenvalue weighted by Gasteiger charge is -2.44. The molecule has 4 unspecified atom stereocenters. The second-order valence-corrected chi connectivity index (χ2v) is 6.74. The van der Waals surface area contributed by atoms with Gasteiger partial charge in [-0.1, -0.05) is 20.3 Å². The molecule has 0 radical (unpaired) electrons. The van der Waals surface area contributed by atoms with E-state index in [1.165, 1.54) is 32.1 Å². The molecule has 0 bridgehead atoms.